The quantitative estimate of drug-likeness (QED) is 0.165. The minimum Gasteiger partial charge on any atom is -0.458 e. The highest BCUT2D eigenvalue weighted by molar-refractivity contribution is 7.01. The van der Waals surface area contributed by atoms with E-state index in [0.29, 0.717) is 11.8 Å². The summed E-state index contributed by atoms with van der Waals surface area (Å²) in [7, 11) is 0. The molecule has 0 saturated heterocycles. The Labute approximate surface area is 369 Å². The average Bonchev–Trinajstić information content (AvgIpc) is 3.28. The van der Waals surface area contributed by atoms with E-state index in [0.717, 1.165) is 90.0 Å². The monoisotopic (exact) mass is 817 g/mol. The Morgan fingerprint density at radius 3 is 1.57 bits per heavy atom. The summed E-state index contributed by atoms with van der Waals surface area (Å²) in [5.74, 6) is 4.41. The summed E-state index contributed by atoms with van der Waals surface area (Å²) in [5, 5.41) is 0. The number of hydrogen-bond donors (Lipinski definition) is 0. The third-order valence-corrected chi connectivity index (χ3v) is 13.1. The molecule has 0 bridgehead atoms. The van der Waals surface area contributed by atoms with Gasteiger partial charge >= 0.3 is 0 Å². The van der Waals surface area contributed by atoms with Gasteiger partial charge in [-0.2, -0.15) is 4.98 Å². The number of anilines is 6. The Kier molecular flexibility index (Phi) is 8.15. The van der Waals surface area contributed by atoms with Gasteiger partial charge in [0.2, 0.25) is 11.8 Å². The summed E-state index contributed by atoms with van der Waals surface area (Å²) in [5.41, 5.74) is 15.0. The maximum Gasteiger partial charge on any atom is 0.262 e. The van der Waals surface area contributed by atoms with E-state index in [-0.39, 0.29) is 24.3 Å². The predicted octanol–water partition coefficient (Wildman–Crippen LogP) is 10.3. The first-order valence-corrected chi connectivity index (χ1v) is 21.9. The van der Waals surface area contributed by atoms with E-state index in [9.17, 15) is 0 Å². The highest BCUT2D eigenvalue weighted by Gasteiger charge is 2.47. The van der Waals surface area contributed by atoms with Crippen molar-refractivity contribution in [3.05, 3.63) is 175 Å². The molecule has 4 aliphatic rings. The fourth-order valence-electron chi connectivity index (χ4n) is 9.97. The van der Waals surface area contributed by atoms with Crippen LogP contribution < -0.4 is 56.8 Å². The summed E-state index contributed by atoms with van der Waals surface area (Å²) in [4.78, 5) is 10.2. The predicted molar refractivity (Wildman–Crippen MR) is 260 cm³/mol. The first-order chi connectivity index (χ1) is 30.5. The van der Waals surface area contributed by atoms with Gasteiger partial charge in [0.25, 0.3) is 13.4 Å². The van der Waals surface area contributed by atoms with Crippen molar-refractivity contribution in [2.45, 2.75) is 52.4 Å². The lowest BCUT2D eigenvalue weighted by molar-refractivity contribution is 0.425. The number of aromatic nitrogens is 1. The van der Waals surface area contributed by atoms with Crippen LogP contribution >= 0.6 is 0 Å². The number of para-hydroxylation sites is 4. The van der Waals surface area contributed by atoms with Crippen molar-refractivity contribution in [1.82, 2.24) is 4.98 Å². The molecule has 0 fully saturated rings. The Morgan fingerprint density at radius 2 is 0.952 bits per heavy atom. The summed E-state index contributed by atoms with van der Waals surface area (Å²) in [6.45, 7) is 13.1. The highest BCUT2D eigenvalue weighted by Crippen LogP contribution is 2.46. The van der Waals surface area contributed by atoms with Crippen LogP contribution in [-0.4, -0.2) is 18.4 Å². The second-order valence-corrected chi connectivity index (χ2v) is 19.2. The molecule has 63 heavy (non-hydrogen) atoms. The fourth-order valence-corrected chi connectivity index (χ4v) is 9.97. The summed E-state index contributed by atoms with van der Waals surface area (Å²) < 4.78 is 20.7. The van der Waals surface area contributed by atoms with Crippen molar-refractivity contribution in [1.29, 1.82) is 0 Å². The zero-order chi connectivity index (χ0) is 42.8. The number of hydrogen-bond acceptors (Lipinski definition) is 6. The molecule has 8 aromatic rings. The summed E-state index contributed by atoms with van der Waals surface area (Å²) in [6.07, 6.45) is 0. The maximum atomic E-state index is 7.09. The van der Waals surface area contributed by atoms with Crippen LogP contribution in [0.15, 0.2) is 164 Å². The molecule has 1 aromatic heterocycles. The lowest BCUT2D eigenvalue weighted by atomic mass is 9.31. The second-order valence-electron chi connectivity index (χ2n) is 19.2. The third kappa shape index (κ3) is 5.91. The summed E-state index contributed by atoms with van der Waals surface area (Å²) >= 11 is 0. The van der Waals surface area contributed by atoms with Gasteiger partial charge in [-0.3, -0.25) is 0 Å². The molecule has 0 amide bonds. The van der Waals surface area contributed by atoms with Gasteiger partial charge in [-0.05, 0) is 128 Å². The van der Waals surface area contributed by atoms with Gasteiger partial charge in [0.1, 0.15) is 23.0 Å². The Bertz CT molecular complexity index is 3100. The van der Waals surface area contributed by atoms with Gasteiger partial charge in [-0.15, -0.1) is 0 Å². The van der Waals surface area contributed by atoms with Gasteiger partial charge in [0, 0.05) is 39.6 Å². The molecule has 5 heterocycles. The number of ether oxygens (including phenoxy) is 3. The van der Waals surface area contributed by atoms with Crippen LogP contribution in [-0.2, 0) is 10.8 Å². The Morgan fingerprint density at radius 1 is 0.429 bits per heavy atom. The minimum absolute atomic E-state index is 0.120. The standard InChI is InChI=1S/C55H45B2N3O3/c1-54(2,3)34-28-45-50-47(29-34)62-52-42(33-43-53(58-52)63-49-31-35(55(4,5)6)30-48-51(49)57(43)41-24-16-17-25-46(41)61-48)56(50)40-27-26-39(32-44(40)60(45)38-22-14-9-15-23-38)59(36-18-10-7-11-19-36)37-20-12-8-13-21-37/h7-33H,1-6H3. The number of fused-ring (bicyclic) bond motifs is 8. The summed E-state index contributed by atoms with van der Waals surface area (Å²) in [6, 6.07) is 58.6. The van der Waals surface area contributed by atoms with Crippen LogP contribution in [0, 0.1) is 0 Å². The Hall–Kier alpha value is -7.18. The molecule has 304 valence electrons. The molecule has 6 nitrogen and oxygen atoms in total. The van der Waals surface area contributed by atoms with Crippen molar-refractivity contribution in [2.75, 3.05) is 9.80 Å². The van der Waals surface area contributed by atoms with Gasteiger partial charge in [-0.25, -0.2) is 0 Å². The first kappa shape index (κ1) is 37.6. The number of nitrogens with zero attached hydrogens (tertiary/aromatic N) is 3. The molecular weight excluding hydrogens is 772 g/mol. The van der Waals surface area contributed by atoms with Crippen LogP contribution in [0.25, 0.3) is 0 Å². The van der Waals surface area contributed by atoms with Crippen molar-refractivity contribution < 1.29 is 14.2 Å². The molecule has 7 aromatic carbocycles. The van der Waals surface area contributed by atoms with Crippen LogP contribution in [0.5, 0.6) is 34.8 Å². The number of pyridine rings is 1. The van der Waals surface area contributed by atoms with Gasteiger partial charge in [0.15, 0.2) is 0 Å². The zero-order valence-corrected chi connectivity index (χ0v) is 36.3. The first-order valence-electron chi connectivity index (χ1n) is 21.9. The topological polar surface area (TPSA) is 47.1 Å². The van der Waals surface area contributed by atoms with Crippen LogP contribution in [0.4, 0.5) is 34.1 Å². The van der Waals surface area contributed by atoms with E-state index < -0.39 is 0 Å². The smallest absolute Gasteiger partial charge is 0.262 e. The molecule has 12 rings (SSSR count). The normalized spacial score (nSPS) is 13.8. The van der Waals surface area contributed by atoms with E-state index in [4.69, 9.17) is 19.2 Å². The van der Waals surface area contributed by atoms with Crippen LogP contribution in [0.3, 0.4) is 0 Å². The maximum absolute atomic E-state index is 7.09. The SMILES string of the molecule is CC(C)(C)c1cc2c3c(c1)Oc1nc4c(cc1B3c1ccccc1O2)B1c2ccc(N(c3ccccc3)c3ccccc3)cc2N(c2ccccc2)c2cc(C(C)(C)C)cc(c21)O4. The number of benzene rings is 7. The fraction of sp³-hybridized carbons (Fsp3) is 0.145. The van der Waals surface area contributed by atoms with Gasteiger partial charge in [0.05, 0.1) is 0 Å². The van der Waals surface area contributed by atoms with Crippen molar-refractivity contribution in [3.8, 4) is 34.8 Å². The molecule has 0 atom stereocenters. The highest BCUT2D eigenvalue weighted by atomic mass is 16.5. The molecule has 0 aliphatic carbocycles. The van der Waals surface area contributed by atoms with Crippen LogP contribution in [0.1, 0.15) is 52.7 Å². The number of rotatable bonds is 4. The Balaban J connectivity index is 1.12. The molecule has 0 radical (unpaired) electrons. The van der Waals surface area contributed by atoms with E-state index in [1.807, 2.05) is 6.07 Å². The third-order valence-electron chi connectivity index (χ3n) is 13.1. The molecular formula is C55H45B2N3O3. The largest absolute Gasteiger partial charge is 0.458 e. The van der Waals surface area contributed by atoms with E-state index in [1.54, 1.807) is 0 Å². The molecule has 0 unspecified atom stereocenters. The average molecular weight is 818 g/mol. The minimum atomic E-state index is -0.185. The molecule has 0 saturated carbocycles. The van der Waals surface area contributed by atoms with E-state index >= 15 is 0 Å². The molecule has 4 aliphatic heterocycles. The molecule has 0 spiro atoms. The van der Waals surface area contributed by atoms with Gasteiger partial charge in [-0.1, -0.05) is 126 Å². The van der Waals surface area contributed by atoms with Crippen molar-refractivity contribution >= 4 is 80.3 Å². The lowest BCUT2D eigenvalue weighted by Crippen LogP contribution is -2.63. The van der Waals surface area contributed by atoms with E-state index in [1.165, 1.54) is 11.0 Å². The van der Waals surface area contributed by atoms with Crippen LogP contribution in [0.2, 0.25) is 0 Å². The van der Waals surface area contributed by atoms with Crippen molar-refractivity contribution in [3.63, 3.8) is 0 Å². The zero-order valence-electron chi connectivity index (χ0n) is 36.3. The van der Waals surface area contributed by atoms with Crippen molar-refractivity contribution in [2.24, 2.45) is 0 Å². The molecule has 8 heteroatoms. The lowest BCUT2D eigenvalue weighted by Gasteiger charge is -2.42. The second kappa shape index (κ2) is 13.7. The molecule has 0 N–H and O–H groups in total. The van der Waals surface area contributed by atoms with E-state index in [2.05, 4.69) is 209 Å². The van der Waals surface area contributed by atoms with Gasteiger partial charge < -0.3 is 24.0 Å².